The van der Waals surface area contributed by atoms with Crippen LogP contribution in [0.2, 0.25) is 0 Å². The van der Waals surface area contributed by atoms with Gasteiger partial charge in [0, 0.05) is 6.07 Å². The number of non-ortho nitro benzene ring substituents is 1. The maximum atomic E-state index is 13.2. The number of nitrogens with zero attached hydrogens (tertiary/aromatic N) is 1. The van der Waals surface area contributed by atoms with Crippen molar-refractivity contribution in [1.82, 2.24) is 0 Å². The zero-order valence-corrected chi connectivity index (χ0v) is 8.19. The quantitative estimate of drug-likeness (QED) is 0.655. The van der Waals surface area contributed by atoms with Gasteiger partial charge < -0.3 is 5.11 Å². The summed E-state index contributed by atoms with van der Waals surface area (Å²) in [7, 11) is 0. The largest absolute Gasteiger partial charge is 0.481 e. The zero-order chi connectivity index (χ0) is 13.2. The highest BCUT2D eigenvalue weighted by molar-refractivity contribution is 5.68. The Hall–Kier alpha value is -2.12. The fourth-order valence-corrected chi connectivity index (χ4v) is 1.20. The minimum absolute atomic E-state index is 0.324. The van der Waals surface area contributed by atoms with Crippen LogP contribution in [0.25, 0.3) is 0 Å². The molecule has 0 radical (unpaired) electrons. The number of nitro groups is 1. The molecule has 1 N–H and O–H groups in total. The number of carboxylic acid groups (broad SMARTS) is 1. The number of hydrogen-bond donors (Lipinski definition) is 1. The van der Waals surface area contributed by atoms with Crippen molar-refractivity contribution in [3.8, 4) is 0 Å². The summed E-state index contributed by atoms with van der Waals surface area (Å²) in [5, 5.41) is 18.5. The molecule has 0 aromatic heterocycles. The van der Waals surface area contributed by atoms with Crippen molar-refractivity contribution in [2.45, 2.75) is 12.3 Å². The van der Waals surface area contributed by atoms with E-state index in [0.29, 0.717) is 18.2 Å². The molecule has 0 spiro atoms. The van der Waals surface area contributed by atoms with Gasteiger partial charge in [-0.3, -0.25) is 14.9 Å². The van der Waals surface area contributed by atoms with Crippen molar-refractivity contribution in [3.63, 3.8) is 0 Å². The van der Waals surface area contributed by atoms with E-state index >= 15 is 0 Å². The van der Waals surface area contributed by atoms with Crippen LogP contribution in [0.15, 0.2) is 18.2 Å². The topological polar surface area (TPSA) is 80.4 Å². The molecule has 0 saturated carbocycles. The molecule has 0 amide bonds. The molecular weight excluding hydrogens is 243 g/mol. The van der Waals surface area contributed by atoms with Crippen molar-refractivity contribution in [1.29, 1.82) is 0 Å². The summed E-state index contributed by atoms with van der Waals surface area (Å²) < 4.78 is 39.6. The second-order valence-electron chi connectivity index (χ2n) is 3.20. The highest BCUT2D eigenvalue weighted by Crippen LogP contribution is 2.34. The molecule has 0 bridgehead atoms. The van der Waals surface area contributed by atoms with Crippen molar-refractivity contribution in [2.75, 3.05) is 0 Å². The third-order valence-corrected chi connectivity index (χ3v) is 1.93. The van der Waals surface area contributed by atoms with E-state index in [0.717, 1.165) is 0 Å². The first-order chi connectivity index (χ1) is 7.74. The van der Waals surface area contributed by atoms with Crippen LogP contribution in [0.3, 0.4) is 0 Å². The molecule has 0 atom stereocenters. The summed E-state index contributed by atoms with van der Waals surface area (Å²) in [5.74, 6) is -7.22. The summed E-state index contributed by atoms with van der Waals surface area (Å²) in [6.45, 7) is 0. The molecule has 0 unspecified atom stereocenters. The summed E-state index contributed by atoms with van der Waals surface area (Å²) in [4.78, 5) is 19.5. The maximum Gasteiger partial charge on any atom is 0.309 e. The smallest absolute Gasteiger partial charge is 0.309 e. The Morgan fingerprint density at radius 3 is 2.47 bits per heavy atom. The lowest BCUT2D eigenvalue weighted by atomic mass is 10.0. The Morgan fingerprint density at radius 2 is 2.06 bits per heavy atom. The second-order valence-corrected chi connectivity index (χ2v) is 3.20. The van der Waals surface area contributed by atoms with E-state index in [9.17, 15) is 28.1 Å². The average molecular weight is 249 g/mol. The van der Waals surface area contributed by atoms with Crippen molar-refractivity contribution in [3.05, 3.63) is 39.7 Å². The van der Waals surface area contributed by atoms with E-state index in [4.69, 9.17) is 5.11 Å². The van der Waals surface area contributed by atoms with Gasteiger partial charge >= 0.3 is 5.97 Å². The van der Waals surface area contributed by atoms with Crippen LogP contribution in [0.4, 0.5) is 18.9 Å². The molecule has 1 aromatic carbocycles. The first-order valence-corrected chi connectivity index (χ1v) is 4.28. The lowest BCUT2D eigenvalue weighted by Crippen LogP contribution is -2.20. The molecule has 0 aliphatic heterocycles. The molecule has 92 valence electrons. The van der Waals surface area contributed by atoms with Crippen LogP contribution in [-0.4, -0.2) is 16.0 Å². The van der Waals surface area contributed by atoms with E-state index in [1.165, 1.54) is 0 Å². The van der Waals surface area contributed by atoms with Crippen molar-refractivity contribution >= 4 is 11.7 Å². The van der Waals surface area contributed by atoms with Gasteiger partial charge in [0.05, 0.1) is 16.6 Å². The van der Waals surface area contributed by atoms with Crippen molar-refractivity contribution < 1.29 is 28.0 Å². The average Bonchev–Trinajstić information content (AvgIpc) is 2.14. The summed E-state index contributed by atoms with van der Waals surface area (Å²) in [5.41, 5.74) is -1.86. The van der Waals surface area contributed by atoms with Gasteiger partial charge in [-0.25, -0.2) is 13.2 Å². The summed E-state index contributed by atoms with van der Waals surface area (Å²) in [6.07, 6.45) is -1.58. The standard InChI is InChI=1S/C9H6F3NO4/c10-7-3-5(13(16)17)1-2-6(7)9(11,12)4-8(14)15/h1-3H,4H2,(H,14,15). The third-order valence-electron chi connectivity index (χ3n) is 1.93. The molecule has 0 fully saturated rings. The number of alkyl halides is 2. The first-order valence-electron chi connectivity index (χ1n) is 4.28. The SMILES string of the molecule is O=C(O)CC(F)(F)c1ccc([N+](=O)[O-])cc1F. The predicted molar refractivity (Wildman–Crippen MR) is 49.2 cm³/mol. The van der Waals surface area contributed by atoms with Crippen LogP contribution in [0.5, 0.6) is 0 Å². The number of rotatable bonds is 4. The van der Waals surface area contributed by atoms with Gasteiger partial charge in [-0.1, -0.05) is 0 Å². The molecule has 0 heterocycles. The number of benzene rings is 1. The van der Waals surface area contributed by atoms with E-state index in [1.54, 1.807) is 0 Å². The van der Waals surface area contributed by atoms with Gasteiger partial charge in [-0.05, 0) is 6.07 Å². The van der Waals surface area contributed by atoms with E-state index in [-0.39, 0.29) is 0 Å². The van der Waals surface area contributed by atoms with Gasteiger partial charge in [0.25, 0.3) is 11.6 Å². The Kier molecular flexibility index (Phi) is 3.35. The zero-order valence-electron chi connectivity index (χ0n) is 8.19. The number of hydrogen-bond acceptors (Lipinski definition) is 3. The first kappa shape index (κ1) is 12.9. The molecule has 5 nitrogen and oxygen atoms in total. The molecule has 8 heteroatoms. The Balaban J connectivity index is 3.15. The van der Waals surface area contributed by atoms with Crippen molar-refractivity contribution in [2.24, 2.45) is 0 Å². The van der Waals surface area contributed by atoms with Gasteiger partial charge in [0.2, 0.25) is 0 Å². The lowest BCUT2D eigenvalue weighted by molar-refractivity contribution is -0.385. The number of halogens is 3. The number of carboxylic acids is 1. The van der Waals surface area contributed by atoms with Gasteiger partial charge in [-0.2, -0.15) is 0 Å². The third kappa shape index (κ3) is 2.92. The molecule has 1 aromatic rings. The van der Waals surface area contributed by atoms with Crippen LogP contribution < -0.4 is 0 Å². The van der Waals surface area contributed by atoms with E-state index in [2.05, 4.69) is 0 Å². The number of carbonyl (C=O) groups is 1. The fraction of sp³-hybridized carbons (Fsp3) is 0.222. The second kappa shape index (κ2) is 4.40. The lowest BCUT2D eigenvalue weighted by Gasteiger charge is -2.14. The van der Waals surface area contributed by atoms with Crippen LogP contribution in [0.1, 0.15) is 12.0 Å². The Labute approximate surface area is 92.6 Å². The van der Waals surface area contributed by atoms with Gasteiger partial charge in [0.1, 0.15) is 12.2 Å². The normalized spacial score (nSPS) is 11.2. The fourth-order valence-electron chi connectivity index (χ4n) is 1.20. The minimum Gasteiger partial charge on any atom is -0.481 e. The molecule has 0 aliphatic rings. The number of aliphatic carboxylic acids is 1. The van der Waals surface area contributed by atoms with Crippen LogP contribution >= 0.6 is 0 Å². The molecule has 17 heavy (non-hydrogen) atoms. The summed E-state index contributed by atoms with van der Waals surface area (Å²) >= 11 is 0. The molecule has 0 saturated heterocycles. The Morgan fingerprint density at radius 1 is 1.47 bits per heavy atom. The number of nitro benzene ring substituents is 1. The molecule has 1 rings (SSSR count). The predicted octanol–water partition coefficient (Wildman–Crippen LogP) is 2.30. The molecular formula is C9H6F3NO4. The monoisotopic (exact) mass is 249 g/mol. The van der Waals surface area contributed by atoms with Crippen LogP contribution in [-0.2, 0) is 10.7 Å². The Bertz CT molecular complexity index is 475. The summed E-state index contributed by atoms with van der Waals surface area (Å²) in [6, 6.07) is 1.52. The molecule has 0 aliphatic carbocycles. The van der Waals surface area contributed by atoms with Gasteiger partial charge in [-0.15, -0.1) is 0 Å². The highest BCUT2D eigenvalue weighted by atomic mass is 19.3. The van der Waals surface area contributed by atoms with Crippen LogP contribution in [0, 0.1) is 15.9 Å². The van der Waals surface area contributed by atoms with Gasteiger partial charge in [0.15, 0.2) is 0 Å². The van der Waals surface area contributed by atoms with E-state index in [1.807, 2.05) is 0 Å². The minimum atomic E-state index is -3.91. The van der Waals surface area contributed by atoms with E-state index < -0.39 is 40.3 Å². The highest BCUT2D eigenvalue weighted by Gasteiger charge is 2.37. The maximum absolute atomic E-state index is 13.2.